The Hall–Kier alpha value is -7.85. The molecule has 0 radical (unpaired) electrons. The van der Waals surface area contributed by atoms with Gasteiger partial charge in [-0.05, 0) is 187 Å². The van der Waals surface area contributed by atoms with Crippen LogP contribution in [0.15, 0.2) is 97.1 Å². The number of nitrogens with one attached hydrogen (secondary N) is 6. The molecule has 0 bridgehead atoms. The van der Waals surface area contributed by atoms with Crippen molar-refractivity contribution in [2.45, 2.75) is 166 Å². The second-order valence-corrected chi connectivity index (χ2v) is 35.0. The number of carbonyl (C=O) groups excluding carboxylic acids is 4. The lowest BCUT2D eigenvalue weighted by Crippen LogP contribution is -2.52. The summed E-state index contributed by atoms with van der Waals surface area (Å²) in [4.78, 5) is 78.3. The van der Waals surface area contributed by atoms with Gasteiger partial charge in [0, 0.05) is 35.8 Å². The fourth-order valence-corrected chi connectivity index (χ4v) is 22.9. The molecule has 6 aromatic rings. The third-order valence-electron chi connectivity index (χ3n) is 13.2. The Morgan fingerprint density at radius 1 is 0.344 bits per heavy atom. The van der Waals surface area contributed by atoms with Crippen LogP contribution in [0.3, 0.4) is 0 Å². The number of hydrogen-bond donors (Lipinski definition) is 6. The minimum absolute atomic E-state index is 0. The summed E-state index contributed by atoms with van der Waals surface area (Å²) in [5.74, 6) is 0.280. The van der Waals surface area contributed by atoms with Crippen LogP contribution >= 0.6 is 0 Å². The third kappa shape index (κ3) is 27.1. The molecule has 0 spiro atoms. The summed E-state index contributed by atoms with van der Waals surface area (Å²) in [6, 6.07) is 29.4. The van der Waals surface area contributed by atoms with Crippen molar-refractivity contribution in [2.24, 2.45) is 0 Å². The standard InChI is InChI=1S/C62H88N12O10Si3.3CH4/c1-11-15-39-79-53(75)45-21-29-49(30-22-45)65-59-69-57(70-60(73-59)66-50-31-23-46(24-32-50)54(76)80-40-16-12-2)63-37-19-43-85(5,6)83-87(9,10)84-86(7,8)44-20-38-64-58-71-61(67-51-33-25-47(26-34-51)55(77)81-41-17-13-3)74-62(72-58)68-52-35-27-48(28-36-52)56(78)82-42-18-14-4;;;/h21-36H,11-20,37-44H2,1-10H3,(H3,63,65,66,69,70,73)(H3,64,67,68,71,72,74);3*1H4. The number of esters is 4. The average Bonchev–Trinajstić information content (AvgIpc) is 2.01. The number of aromatic nitrogens is 6. The van der Waals surface area contributed by atoms with Gasteiger partial charge in [-0.25, -0.2) is 19.2 Å². The first-order valence-electron chi connectivity index (χ1n) is 30.3. The molecule has 2 heterocycles. The van der Waals surface area contributed by atoms with Gasteiger partial charge >= 0.3 is 32.4 Å². The van der Waals surface area contributed by atoms with Crippen LogP contribution in [0.2, 0.25) is 51.4 Å². The minimum atomic E-state index is -2.59. The Labute approximate surface area is 537 Å². The highest BCUT2D eigenvalue weighted by Crippen LogP contribution is 2.28. The van der Waals surface area contributed by atoms with Crippen LogP contribution in [-0.2, 0) is 27.2 Å². The van der Waals surface area contributed by atoms with Crippen molar-refractivity contribution in [2.75, 3.05) is 71.4 Å². The monoisotopic (exact) mass is 1290 g/mol. The van der Waals surface area contributed by atoms with E-state index in [4.69, 9.17) is 47.1 Å². The maximum atomic E-state index is 12.6. The van der Waals surface area contributed by atoms with Gasteiger partial charge < -0.3 is 59.1 Å². The van der Waals surface area contributed by atoms with E-state index >= 15 is 0 Å². The van der Waals surface area contributed by atoms with Gasteiger partial charge in [-0.15, -0.1) is 0 Å². The summed E-state index contributed by atoms with van der Waals surface area (Å²) >= 11 is 0. The number of ether oxygens (including phenoxy) is 4. The van der Waals surface area contributed by atoms with Crippen molar-refractivity contribution in [3.05, 3.63) is 119 Å². The summed E-state index contributed by atoms with van der Waals surface area (Å²) in [7, 11) is -7.07. The average molecular weight is 1290 g/mol. The first-order chi connectivity index (χ1) is 41.7. The molecule has 25 heteroatoms. The first-order valence-corrected chi connectivity index (χ1v) is 39.4. The van der Waals surface area contributed by atoms with Gasteiger partial charge in [0.1, 0.15) is 0 Å². The van der Waals surface area contributed by atoms with E-state index in [-0.39, 0.29) is 70.0 Å². The third-order valence-corrected chi connectivity index (χ3v) is 24.7. The van der Waals surface area contributed by atoms with Crippen LogP contribution in [0.4, 0.5) is 58.4 Å². The smallest absolute Gasteiger partial charge is 0.338 e. The van der Waals surface area contributed by atoms with Crippen molar-refractivity contribution in [3.8, 4) is 0 Å². The van der Waals surface area contributed by atoms with Crippen molar-refractivity contribution < 1.29 is 46.4 Å². The van der Waals surface area contributed by atoms with E-state index in [0.29, 0.717) is 96.4 Å². The Balaban J connectivity index is 0.00000705. The van der Waals surface area contributed by atoms with E-state index in [1.807, 2.05) is 27.7 Å². The highest BCUT2D eigenvalue weighted by Gasteiger charge is 2.39. The van der Waals surface area contributed by atoms with Crippen molar-refractivity contribution in [1.82, 2.24) is 29.9 Å². The van der Waals surface area contributed by atoms with Crippen LogP contribution in [0, 0.1) is 0 Å². The second kappa shape index (κ2) is 38.6. The molecular formula is C65H100N12O10Si3. The number of anilines is 10. The van der Waals surface area contributed by atoms with E-state index in [1.165, 1.54) is 0 Å². The molecule has 0 aliphatic carbocycles. The van der Waals surface area contributed by atoms with Crippen molar-refractivity contribution in [1.29, 1.82) is 0 Å². The Morgan fingerprint density at radius 3 is 0.789 bits per heavy atom. The molecule has 6 rings (SSSR count). The SMILES string of the molecule is C.C.C.CCCCOC(=O)c1ccc(Nc2nc(NCCC[Si](C)(C)O[Si](C)(C)O[Si](C)(C)CCCNc3nc(Nc4ccc(C(=O)OCCCC)cc4)nc(Nc4ccc(C(=O)OCCCC)cc4)n3)nc(Nc3ccc(C(=O)OCCCC)cc3)n2)cc1. The zero-order valence-electron chi connectivity index (χ0n) is 52.2. The molecule has 0 saturated carbocycles. The van der Waals surface area contributed by atoms with E-state index in [2.05, 4.69) is 81.2 Å². The van der Waals surface area contributed by atoms with Gasteiger partial charge in [-0.1, -0.05) is 75.7 Å². The van der Waals surface area contributed by atoms with Gasteiger partial charge in [0.2, 0.25) is 35.7 Å². The van der Waals surface area contributed by atoms with Gasteiger partial charge in [0.25, 0.3) is 0 Å². The Morgan fingerprint density at radius 2 is 0.567 bits per heavy atom. The molecule has 0 atom stereocenters. The largest absolute Gasteiger partial charge is 0.462 e. The topological polar surface area (TPSA) is 273 Å². The lowest BCUT2D eigenvalue weighted by atomic mass is 10.2. The molecule has 2 aromatic heterocycles. The van der Waals surface area contributed by atoms with E-state index in [0.717, 1.165) is 76.3 Å². The van der Waals surface area contributed by atoms with Crippen LogP contribution in [-0.4, -0.2) is 118 Å². The lowest BCUT2D eigenvalue weighted by Gasteiger charge is -2.38. The number of carbonyl (C=O) groups is 4. The predicted molar refractivity (Wildman–Crippen MR) is 370 cm³/mol. The van der Waals surface area contributed by atoms with Gasteiger partial charge in [-0.3, -0.25) is 0 Å². The number of nitrogens with zero attached hydrogens (tertiary/aromatic N) is 6. The maximum Gasteiger partial charge on any atom is 0.338 e. The Bertz CT molecular complexity index is 2750. The maximum absolute atomic E-state index is 12.6. The summed E-state index contributed by atoms with van der Waals surface area (Å²) in [6.45, 7) is 23.9. The predicted octanol–water partition coefficient (Wildman–Crippen LogP) is 16.2. The zero-order valence-corrected chi connectivity index (χ0v) is 55.2. The summed E-state index contributed by atoms with van der Waals surface area (Å²) in [6.07, 6.45) is 8.49. The minimum Gasteiger partial charge on any atom is -0.462 e. The molecule has 492 valence electrons. The van der Waals surface area contributed by atoms with E-state index < -0.39 is 25.2 Å². The molecule has 0 amide bonds. The van der Waals surface area contributed by atoms with Gasteiger partial charge in [0.05, 0.1) is 48.7 Å². The lowest BCUT2D eigenvalue weighted by molar-refractivity contribution is 0.0490. The molecule has 90 heavy (non-hydrogen) atoms. The highest BCUT2D eigenvalue weighted by molar-refractivity contribution is 6.87. The molecule has 22 nitrogen and oxygen atoms in total. The quantitative estimate of drug-likeness (QED) is 0.00910. The van der Waals surface area contributed by atoms with Gasteiger partial charge in [-0.2, -0.15) is 29.9 Å². The van der Waals surface area contributed by atoms with Crippen LogP contribution < -0.4 is 31.9 Å². The van der Waals surface area contributed by atoms with Crippen molar-refractivity contribution >= 4 is 108 Å². The van der Waals surface area contributed by atoms with E-state index in [1.54, 1.807) is 97.1 Å². The summed E-state index contributed by atoms with van der Waals surface area (Å²) in [5.41, 5.74) is 4.42. The Kier molecular flexibility index (Phi) is 32.8. The van der Waals surface area contributed by atoms with Gasteiger partial charge in [0.15, 0.2) is 16.6 Å². The number of hydrogen-bond acceptors (Lipinski definition) is 22. The highest BCUT2D eigenvalue weighted by atomic mass is 28.5. The number of rotatable bonds is 38. The van der Waals surface area contributed by atoms with Crippen LogP contribution in [0.1, 0.15) is 156 Å². The number of unbranched alkanes of at least 4 members (excludes halogenated alkanes) is 4. The first kappa shape index (κ1) is 76.4. The van der Waals surface area contributed by atoms with Crippen molar-refractivity contribution in [3.63, 3.8) is 0 Å². The van der Waals surface area contributed by atoms with E-state index in [9.17, 15) is 19.2 Å². The van der Waals surface area contributed by atoms with Crippen LogP contribution in [0.25, 0.3) is 0 Å². The fourth-order valence-electron chi connectivity index (χ4n) is 8.86. The molecule has 0 aliphatic rings. The number of benzene rings is 4. The normalized spacial score (nSPS) is 11.1. The summed E-state index contributed by atoms with van der Waals surface area (Å²) < 4.78 is 35.5. The molecular weight excluding hydrogens is 1190 g/mol. The molecule has 0 saturated heterocycles. The molecule has 6 N–H and O–H groups in total. The van der Waals surface area contributed by atoms with Crippen LogP contribution in [0.5, 0.6) is 0 Å². The summed E-state index contributed by atoms with van der Waals surface area (Å²) in [5, 5.41) is 19.8. The molecule has 4 aromatic carbocycles. The fraction of sp³-hybridized carbons (Fsp3) is 0.477. The second-order valence-electron chi connectivity index (χ2n) is 22.6. The molecule has 0 fully saturated rings. The zero-order chi connectivity index (χ0) is 62.7. The molecule has 0 unspecified atom stereocenters. The molecule has 0 aliphatic heterocycles.